The second-order valence-electron chi connectivity index (χ2n) is 9.55. The van der Waals surface area contributed by atoms with Crippen molar-refractivity contribution >= 4 is 23.2 Å². The maximum atomic E-state index is 13.8. The molecular formula is C23H29F2N5O3. The molecule has 0 aromatic carbocycles. The van der Waals surface area contributed by atoms with Crippen LogP contribution in [0.25, 0.3) is 0 Å². The number of hydrogen-bond acceptors (Lipinski definition) is 7. The molecule has 5 rings (SSSR count). The minimum absolute atomic E-state index is 0.185. The highest BCUT2D eigenvalue weighted by molar-refractivity contribution is 5.88. The van der Waals surface area contributed by atoms with E-state index in [4.69, 9.17) is 9.47 Å². The lowest BCUT2D eigenvalue weighted by Gasteiger charge is -2.51. The van der Waals surface area contributed by atoms with E-state index in [0.29, 0.717) is 29.6 Å². The highest BCUT2D eigenvalue weighted by atomic mass is 19.3. The monoisotopic (exact) mass is 461 g/mol. The lowest BCUT2D eigenvalue weighted by molar-refractivity contribution is -0.190. The Bertz CT molecular complexity index is 1030. The average molecular weight is 462 g/mol. The molecule has 33 heavy (non-hydrogen) atoms. The number of ether oxygens (including phenoxy) is 2. The minimum Gasteiger partial charge on any atom is -0.487 e. The summed E-state index contributed by atoms with van der Waals surface area (Å²) in [4.78, 5) is 23.5. The van der Waals surface area contributed by atoms with Gasteiger partial charge in [0.1, 0.15) is 23.8 Å². The summed E-state index contributed by atoms with van der Waals surface area (Å²) in [5.41, 5.74) is 0.737. The van der Waals surface area contributed by atoms with Gasteiger partial charge in [0.15, 0.2) is 5.75 Å². The van der Waals surface area contributed by atoms with E-state index in [1.54, 1.807) is 19.1 Å². The van der Waals surface area contributed by atoms with Crippen LogP contribution in [0.4, 0.5) is 26.1 Å². The number of rotatable bonds is 7. The molecule has 0 radical (unpaired) electrons. The molecule has 2 N–H and O–H groups in total. The zero-order valence-corrected chi connectivity index (χ0v) is 19.3. The molecule has 2 bridgehead atoms. The van der Waals surface area contributed by atoms with E-state index in [-0.39, 0.29) is 22.7 Å². The Labute approximate surface area is 191 Å². The van der Waals surface area contributed by atoms with Crippen LogP contribution in [-0.2, 0) is 15.5 Å². The van der Waals surface area contributed by atoms with Gasteiger partial charge in [-0.25, -0.2) is 15.0 Å². The first-order valence-corrected chi connectivity index (χ1v) is 11.0. The number of aryl methyl sites for hydroxylation is 1. The molecule has 2 aromatic heterocycles. The molecule has 1 amide bonds. The number of pyridine rings is 1. The fraction of sp³-hybridized carbons (Fsp3) is 0.565. The number of hydrogen-bond donors (Lipinski definition) is 2. The molecule has 0 unspecified atom stereocenters. The highest BCUT2D eigenvalue weighted by Gasteiger charge is 2.48. The van der Waals surface area contributed by atoms with Crippen LogP contribution in [0.1, 0.15) is 58.0 Å². The summed E-state index contributed by atoms with van der Waals surface area (Å²) in [5.74, 6) is -3.17. The number of anilines is 3. The molecule has 178 valence electrons. The summed E-state index contributed by atoms with van der Waals surface area (Å²) in [7, 11) is 0. The van der Waals surface area contributed by atoms with Crippen molar-refractivity contribution in [2.45, 2.75) is 64.9 Å². The Morgan fingerprint density at radius 3 is 2.55 bits per heavy atom. The van der Waals surface area contributed by atoms with Crippen LogP contribution in [-0.4, -0.2) is 39.7 Å². The van der Waals surface area contributed by atoms with Gasteiger partial charge in [-0.2, -0.15) is 8.78 Å². The van der Waals surface area contributed by atoms with Gasteiger partial charge in [0.2, 0.25) is 11.7 Å². The number of nitrogens with zero attached hydrogens (tertiary/aromatic N) is 3. The summed E-state index contributed by atoms with van der Waals surface area (Å²) in [6.45, 7) is 7.06. The summed E-state index contributed by atoms with van der Waals surface area (Å²) in [6, 6.07) is 3.14. The number of fused-ring (bicyclic) bond motifs is 3. The van der Waals surface area contributed by atoms with E-state index in [0.717, 1.165) is 39.2 Å². The van der Waals surface area contributed by atoms with Crippen LogP contribution < -0.4 is 15.4 Å². The Morgan fingerprint density at radius 2 is 1.94 bits per heavy atom. The average Bonchev–Trinajstić information content (AvgIpc) is 2.73. The molecular weight excluding hydrogens is 432 g/mol. The first-order chi connectivity index (χ1) is 15.5. The number of aromatic nitrogens is 3. The third-order valence-corrected chi connectivity index (χ3v) is 6.27. The molecule has 0 spiro atoms. The van der Waals surface area contributed by atoms with Crippen molar-refractivity contribution in [2.24, 2.45) is 5.41 Å². The van der Waals surface area contributed by atoms with E-state index in [2.05, 4.69) is 32.5 Å². The molecule has 8 nitrogen and oxygen atoms in total. The van der Waals surface area contributed by atoms with Gasteiger partial charge in [-0.15, -0.1) is 0 Å². The van der Waals surface area contributed by atoms with Gasteiger partial charge in [0.25, 0.3) is 0 Å². The highest BCUT2D eigenvalue weighted by Crippen LogP contribution is 2.48. The van der Waals surface area contributed by atoms with Crippen molar-refractivity contribution in [2.75, 3.05) is 23.8 Å². The summed E-state index contributed by atoms with van der Waals surface area (Å²) < 4.78 is 40.0. The number of amides is 1. The number of halogens is 2. The second-order valence-corrected chi connectivity index (χ2v) is 9.55. The lowest BCUT2D eigenvalue weighted by atomic mass is 9.67. The molecule has 0 atom stereocenters. The third kappa shape index (κ3) is 5.38. The maximum absolute atomic E-state index is 13.8. The third-order valence-electron chi connectivity index (χ3n) is 6.27. The predicted molar refractivity (Wildman–Crippen MR) is 119 cm³/mol. The Balaban J connectivity index is 1.59. The number of carbonyl (C=O) groups is 1. The molecule has 3 aliphatic rings. The van der Waals surface area contributed by atoms with Crippen LogP contribution in [0, 0.1) is 12.3 Å². The van der Waals surface area contributed by atoms with Crippen molar-refractivity contribution in [3.8, 4) is 5.75 Å². The van der Waals surface area contributed by atoms with Crippen molar-refractivity contribution in [1.29, 1.82) is 0 Å². The SMILES string of the molecule is CC(=O)Nc1cc(Nc2cc(C)nc(C(C)(F)F)n2)c(OCC23CCC(C)(CC2)CO3)cn1. The van der Waals surface area contributed by atoms with E-state index < -0.39 is 11.7 Å². The summed E-state index contributed by atoms with van der Waals surface area (Å²) in [5, 5.41) is 5.65. The first-order valence-electron chi connectivity index (χ1n) is 11.0. The number of nitrogens with one attached hydrogen (secondary N) is 2. The first kappa shape index (κ1) is 23.3. The van der Waals surface area contributed by atoms with Gasteiger partial charge < -0.3 is 20.1 Å². The van der Waals surface area contributed by atoms with Gasteiger partial charge in [0, 0.05) is 31.7 Å². The van der Waals surface area contributed by atoms with Crippen LogP contribution in [0.3, 0.4) is 0 Å². The smallest absolute Gasteiger partial charge is 0.303 e. The molecule has 1 saturated carbocycles. The van der Waals surface area contributed by atoms with Crippen molar-refractivity contribution in [1.82, 2.24) is 15.0 Å². The van der Waals surface area contributed by atoms with Crippen LogP contribution in [0.15, 0.2) is 18.3 Å². The molecule has 3 fully saturated rings. The number of carbonyl (C=O) groups excluding carboxylic acids is 1. The Hall–Kier alpha value is -2.88. The molecule has 2 aliphatic heterocycles. The van der Waals surface area contributed by atoms with E-state index in [1.165, 1.54) is 13.1 Å². The zero-order chi connectivity index (χ0) is 23.9. The minimum atomic E-state index is -3.19. The maximum Gasteiger partial charge on any atom is 0.303 e. The second kappa shape index (κ2) is 8.48. The quantitative estimate of drug-likeness (QED) is 0.616. The molecule has 10 heteroatoms. The predicted octanol–water partition coefficient (Wildman–Crippen LogP) is 4.72. The standard InChI is InChI=1S/C23H29F2N5O3/c1-14-9-19(30-20(27-14)22(4,24)25)29-16-10-18(28-15(2)31)26-11-17(16)32-13-23-7-5-21(3,6-8-23)12-33-23/h9-11H,5-8,12-13H2,1-4H3,(H2,26,27,28,29,30,31). The normalized spacial score (nSPS) is 24.4. The molecule has 2 aromatic rings. The summed E-state index contributed by atoms with van der Waals surface area (Å²) in [6.07, 6.45) is 5.52. The van der Waals surface area contributed by atoms with Crippen molar-refractivity contribution in [3.05, 3.63) is 29.8 Å². The van der Waals surface area contributed by atoms with Crippen LogP contribution in [0.2, 0.25) is 0 Å². The Kier molecular flexibility index (Phi) is 5.98. The number of alkyl halides is 2. The molecule has 4 heterocycles. The fourth-order valence-electron chi connectivity index (χ4n) is 4.19. The molecule has 2 saturated heterocycles. The van der Waals surface area contributed by atoms with Crippen LogP contribution >= 0.6 is 0 Å². The zero-order valence-electron chi connectivity index (χ0n) is 19.3. The van der Waals surface area contributed by atoms with Gasteiger partial charge in [-0.05, 0) is 38.0 Å². The van der Waals surface area contributed by atoms with Crippen LogP contribution in [0.5, 0.6) is 5.75 Å². The largest absolute Gasteiger partial charge is 0.487 e. The molecule has 1 aliphatic carbocycles. The topological polar surface area (TPSA) is 98.3 Å². The van der Waals surface area contributed by atoms with Gasteiger partial charge >= 0.3 is 5.92 Å². The fourth-order valence-corrected chi connectivity index (χ4v) is 4.19. The van der Waals surface area contributed by atoms with E-state index >= 15 is 0 Å². The lowest BCUT2D eigenvalue weighted by Crippen LogP contribution is -2.53. The van der Waals surface area contributed by atoms with E-state index in [1.807, 2.05) is 0 Å². The van der Waals surface area contributed by atoms with E-state index in [9.17, 15) is 13.6 Å². The van der Waals surface area contributed by atoms with Crippen molar-refractivity contribution in [3.63, 3.8) is 0 Å². The van der Waals surface area contributed by atoms with Gasteiger partial charge in [-0.3, -0.25) is 4.79 Å². The van der Waals surface area contributed by atoms with Crippen molar-refractivity contribution < 1.29 is 23.0 Å². The Morgan fingerprint density at radius 1 is 1.21 bits per heavy atom. The summed E-state index contributed by atoms with van der Waals surface area (Å²) >= 11 is 0. The van der Waals surface area contributed by atoms with Gasteiger partial charge in [0.05, 0.1) is 18.5 Å². The van der Waals surface area contributed by atoms with Gasteiger partial charge in [-0.1, -0.05) is 6.92 Å².